The summed E-state index contributed by atoms with van der Waals surface area (Å²) in [5.41, 5.74) is 1.00. The largest absolute Gasteiger partial charge is 0.362 e. The Labute approximate surface area is 63.5 Å². The Hall–Kier alpha value is -1.58. The first-order valence-electron chi connectivity index (χ1n) is 3.27. The average Bonchev–Trinajstić information content (AvgIpc) is 2.55. The van der Waals surface area contributed by atoms with Crippen molar-refractivity contribution in [1.29, 1.82) is 0 Å². The lowest BCUT2D eigenvalue weighted by Gasteiger charge is -1.93. The van der Waals surface area contributed by atoms with Crippen LogP contribution in [0.2, 0.25) is 0 Å². The minimum atomic E-state index is 0.794. The van der Waals surface area contributed by atoms with Gasteiger partial charge in [-0.05, 0) is 6.92 Å². The fourth-order valence-corrected chi connectivity index (χ4v) is 0.915. The molecule has 0 bridgehead atoms. The summed E-state index contributed by atoms with van der Waals surface area (Å²) in [6.45, 7) is 1.94. The summed E-state index contributed by atoms with van der Waals surface area (Å²) < 4.78 is 6.57. The van der Waals surface area contributed by atoms with Gasteiger partial charge in [-0.1, -0.05) is 5.16 Å². The van der Waals surface area contributed by atoms with Gasteiger partial charge in [-0.2, -0.15) is 0 Å². The average molecular weight is 149 g/mol. The molecule has 0 fully saturated rings. The summed E-state index contributed by atoms with van der Waals surface area (Å²) in [6.07, 6.45) is 6.82. The molecule has 0 saturated carbocycles. The van der Waals surface area contributed by atoms with E-state index in [1.165, 1.54) is 0 Å². The molecule has 0 aliphatic rings. The number of hydrogen-bond donors (Lipinski definition) is 0. The Morgan fingerprint density at radius 3 is 3.00 bits per heavy atom. The van der Waals surface area contributed by atoms with E-state index in [0.29, 0.717) is 0 Å². The van der Waals surface area contributed by atoms with Gasteiger partial charge in [0.15, 0.2) is 5.82 Å². The van der Waals surface area contributed by atoms with Crippen molar-refractivity contribution in [2.75, 3.05) is 0 Å². The second-order valence-corrected chi connectivity index (χ2v) is 2.29. The summed E-state index contributed by atoms with van der Waals surface area (Å²) in [4.78, 5) is 3.90. The molecule has 0 unspecified atom stereocenters. The Balaban J connectivity index is 2.53. The van der Waals surface area contributed by atoms with Crippen LogP contribution in [-0.4, -0.2) is 14.7 Å². The fourth-order valence-electron chi connectivity index (χ4n) is 0.915. The minimum Gasteiger partial charge on any atom is -0.362 e. The molecular weight excluding hydrogens is 142 g/mol. The molecule has 0 saturated heterocycles. The fraction of sp³-hybridized carbons (Fsp3) is 0.143. The molecule has 4 heteroatoms. The molecule has 11 heavy (non-hydrogen) atoms. The summed E-state index contributed by atoms with van der Waals surface area (Å²) in [5.74, 6) is 0.794. The monoisotopic (exact) mass is 149 g/mol. The molecule has 2 aromatic rings. The molecule has 56 valence electrons. The smallest absolute Gasteiger partial charge is 0.184 e. The van der Waals surface area contributed by atoms with Crippen LogP contribution in [0.3, 0.4) is 0 Å². The highest BCUT2D eigenvalue weighted by molar-refractivity contribution is 5.28. The summed E-state index contributed by atoms with van der Waals surface area (Å²) in [6, 6.07) is 0. The predicted molar refractivity (Wildman–Crippen MR) is 38.4 cm³/mol. The topological polar surface area (TPSA) is 43.9 Å². The molecule has 0 N–H and O–H groups in total. The van der Waals surface area contributed by atoms with Crippen LogP contribution in [0.1, 0.15) is 5.56 Å². The molecule has 0 aliphatic carbocycles. The van der Waals surface area contributed by atoms with Gasteiger partial charge in [-0.3, -0.25) is 4.57 Å². The molecule has 0 spiro atoms. The highest BCUT2D eigenvalue weighted by atomic mass is 16.5. The van der Waals surface area contributed by atoms with Crippen LogP contribution in [0.5, 0.6) is 0 Å². The van der Waals surface area contributed by atoms with Gasteiger partial charge >= 0.3 is 0 Å². The van der Waals surface area contributed by atoms with Crippen LogP contribution in [0.15, 0.2) is 29.5 Å². The van der Waals surface area contributed by atoms with Crippen molar-refractivity contribution in [2.24, 2.45) is 0 Å². The van der Waals surface area contributed by atoms with Crippen LogP contribution in [0, 0.1) is 6.92 Å². The van der Waals surface area contributed by atoms with Crippen LogP contribution >= 0.6 is 0 Å². The maximum atomic E-state index is 4.77. The second-order valence-electron chi connectivity index (χ2n) is 2.29. The first-order chi connectivity index (χ1) is 5.38. The Bertz CT molecular complexity index is 336. The van der Waals surface area contributed by atoms with Crippen molar-refractivity contribution < 1.29 is 4.52 Å². The SMILES string of the molecule is Cc1conc1-n1ccnc1. The third kappa shape index (κ3) is 0.920. The highest BCUT2D eigenvalue weighted by Gasteiger charge is 2.02. The molecule has 0 radical (unpaired) electrons. The van der Waals surface area contributed by atoms with Gasteiger partial charge in [-0.15, -0.1) is 0 Å². The number of hydrogen-bond acceptors (Lipinski definition) is 3. The van der Waals surface area contributed by atoms with Crippen LogP contribution in [0.4, 0.5) is 0 Å². The van der Waals surface area contributed by atoms with E-state index in [1.54, 1.807) is 23.4 Å². The first-order valence-corrected chi connectivity index (χ1v) is 3.27. The van der Waals surface area contributed by atoms with Crippen molar-refractivity contribution >= 4 is 0 Å². The van der Waals surface area contributed by atoms with E-state index in [0.717, 1.165) is 11.4 Å². The van der Waals surface area contributed by atoms with Gasteiger partial charge < -0.3 is 4.52 Å². The van der Waals surface area contributed by atoms with Crippen molar-refractivity contribution in [3.63, 3.8) is 0 Å². The van der Waals surface area contributed by atoms with E-state index in [9.17, 15) is 0 Å². The van der Waals surface area contributed by atoms with Gasteiger partial charge in [0, 0.05) is 18.0 Å². The van der Waals surface area contributed by atoms with Crippen LogP contribution in [0.25, 0.3) is 5.82 Å². The van der Waals surface area contributed by atoms with Crippen molar-refractivity contribution in [3.05, 3.63) is 30.5 Å². The van der Waals surface area contributed by atoms with E-state index in [4.69, 9.17) is 4.52 Å². The van der Waals surface area contributed by atoms with Gasteiger partial charge in [-0.25, -0.2) is 4.98 Å². The summed E-state index contributed by atoms with van der Waals surface area (Å²) in [5, 5.41) is 3.81. The van der Waals surface area contributed by atoms with Crippen LogP contribution < -0.4 is 0 Å². The zero-order valence-electron chi connectivity index (χ0n) is 6.06. The molecule has 2 rings (SSSR count). The molecule has 0 aromatic carbocycles. The summed E-state index contributed by atoms with van der Waals surface area (Å²) >= 11 is 0. The molecule has 0 amide bonds. The molecule has 4 nitrogen and oxygen atoms in total. The zero-order valence-corrected chi connectivity index (χ0v) is 6.06. The van der Waals surface area contributed by atoms with E-state index >= 15 is 0 Å². The van der Waals surface area contributed by atoms with Crippen LogP contribution in [-0.2, 0) is 0 Å². The van der Waals surface area contributed by atoms with E-state index in [1.807, 2.05) is 13.1 Å². The number of nitrogens with zero attached hydrogens (tertiary/aromatic N) is 3. The van der Waals surface area contributed by atoms with Gasteiger partial charge in [0.25, 0.3) is 0 Å². The summed E-state index contributed by atoms with van der Waals surface area (Å²) in [7, 11) is 0. The third-order valence-electron chi connectivity index (χ3n) is 1.47. The maximum Gasteiger partial charge on any atom is 0.184 e. The molecular formula is C7H7N3O. The molecule has 2 heterocycles. The predicted octanol–water partition coefficient (Wildman–Crippen LogP) is 1.17. The highest BCUT2D eigenvalue weighted by Crippen LogP contribution is 2.09. The standard InChI is InChI=1S/C7H7N3O/c1-6-4-11-9-7(6)10-3-2-8-5-10/h2-5H,1H3. The lowest BCUT2D eigenvalue weighted by molar-refractivity contribution is 0.416. The van der Waals surface area contributed by atoms with Crippen molar-refractivity contribution in [3.8, 4) is 5.82 Å². The lowest BCUT2D eigenvalue weighted by atomic mass is 10.4. The van der Waals surface area contributed by atoms with Gasteiger partial charge in [0.1, 0.15) is 12.6 Å². The third-order valence-corrected chi connectivity index (χ3v) is 1.47. The number of imidazole rings is 1. The number of aryl methyl sites for hydroxylation is 1. The number of rotatable bonds is 1. The van der Waals surface area contributed by atoms with E-state index in [-0.39, 0.29) is 0 Å². The van der Waals surface area contributed by atoms with E-state index < -0.39 is 0 Å². The lowest BCUT2D eigenvalue weighted by Crippen LogP contribution is -1.91. The normalized spacial score (nSPS) is 10.3. The van der Waals surface area contributed by atoms with Crippen molar-refractivity contribution in [1.82, 2.24) is 14.7 Å². The molecule has 0 atom stereocenters. The Morgan fingerprint density at radius 2 is 2.45 bits per heavy atom. The quantitative estimate of drug-likeness (QED) is 0.611. The molecule has 0 aliphatic heterocycles. The maximum absolute atomic E-state index is 4.77. The second kappa shape index (κ2) is 2.23. The van der Waals surface area contributed by atoms with Gasteiger partial charge in [0.05, 0.1) is 0 Å². The Morgan fingerprint density at radius 1 is 1.55 bits per heavy atom. The molecule has 2 aromatic heterocycles. The minimum absolute atomic E-state index is 0.794. The zero-order chi connectivity index (χ0) is 7.68. The van der Waals surface area contributed by atoms with E-state index in [2.05, 4.69) is 10.1 Å². The first kappa shape index (κ1) is 6.15. The number of aromatic nitrogens is 3. The Kier molecular flexibility index (Phi) is 1.25. The van der Waals surface area contributed by atoms with Crippen molar-refractivity contribution in [2.45, 2.75) is 6.92 Å². The van der Waals surface area contributed by atoms with Gasteiger partial charge in [0.2, 0.25) is 0 Å².